The predicted molar refractivity (Wildman–Crippen MR) is 111 cm³/mol. The highest BCUT2D eigenvalue weighted by atomic mass is 19.1. The van der Waals surface area contributed by atoms with E-state index in [2.05, 4.69) is 20.8 Å². The molecule has 0 aliphatic carbocycles. The summed E-state index contributed by atoms with van der Waals surface area (Å²) >= 11 is 0. The zero-order valence-corrected chi connectivity index (χ0v) is 16.8. The Labute approximate surface area is 178 Å². The molecule has 1 heterocycles. The first-order chi connectivity index (χ1) is 15.0. The summed E-state index contributed by atoms with van der Waals surface area (Å²) in [5.74, 6) is 0.123. The van der Waals surface area contributed by atoms with Crippen LogP contribution >= 0.6 is 0 Å². The molecule has 0 aliphatic rings. The van der Waals surface area contributed by atoms with Crippen LogP contribution in [0.25, 0.3) is 11.4 Å². The summed E-state index contributed by atoms with van der Waals surface area (Å²) in [5, 5.41) is 18.8. The van der Waals surface area contributed by atoms with Crippen LogP contribution in [0, 0.1) is 5.82 Å². The van der Waals surface area contributed by atoms with E-state index in [1.807, 2.05) is 0 Å². The molecule has 0 bridgehead atoms. The van der Waals surface area contributed by atoms with Crippen LogP contribution in [0.15, 0.2) is 53.1 Å². The first-order valence-corrected chi connectivity index (χ1v) is 9.94. The number of nitrogens with zero attached hydrogens (tertiary/aromatic N) is 2. The van der Waals surface area contributed by atoms with E-state index in [9.17, 15) is 19.1 Å². The Bertz CT molecular complexity index is 1020. The van der Waals surface area contributed by atoms with Crippen molar-refractivity contribution in [2.45, 2.75) is 25.7 Å². The van der Waals surface area contributed by atoms with Gasteiger partial charge in [-0.05, 0) is 55.3 Å². The van der Waals surface area contributed by atoms with Crippen molar-refractivity contribution in [1.82, 2.24) is 20.8 Å². The molecule has 0 radical (unpaired) electrons. The minimum absolute atomic E-state index is 0.0344. The third-order valence-corrected chi connectivity index (χ3v) is 4.43. The molecule has 0 fully saturated rings. The molecule has 162 valence electrons. The smallest absolute Gasteiger partial charge is 0.251 e. The predicted octanol–water partition coefficient (Wildman–Crippen LogP) is 2.84. The molecule has 0 spiro atoms. The van der Waals surface area contributed by atoms with Gasteiger partial charge in [-0.25, -0.2) is 4.39 Å². The highest BCUT2D eigenvalue weighted by molar-refractivity contribution is 5.94. The zero-order chi connectivity index (χ0) is 22.1. The molecular weight excluding hydrogens is 403 g/mol. The lowest BCUT2D eigenvalue weighted by Gasteiger charge is -2.07. The number of phenolic OH excluding ortho intramolecular Hbond substituents is 1. The van der Waals surface area contributed by atoms with E-state index >= 15 is 0 Å². The fourth-order valence-corrected chi connectivity index (χ4v) is 2.83. The van der Waals surface area contributed by atoms with E-state index in [0.717, 1.165) is 0 Å². The number of halogens is 1. The zero-order valence-electron chi connectivity index (χ0n) is 16.8. The molecule has 9 heteroatoms. The number of carbonyl (C=O) groups excluding carboxylic acids is 2. The number of amides is 2. The van der Waals surface area contributed by atoms with Crippen LogP contribution in [0.3, 0.4) is 0 Å². The summed E-state index contributed by atoms with van der Waals surface area (Å²) in [6, 6.07) is 11.9. The topological polar surface area (TPSA) is 117 Å². The van der Waals surface area contributed by atoms with Gasteiger partial charge in [-0.3, -0.25) is 9.59 Å². The van der Waals surface area contributed by atoms with Crippen molar-refractivity contribution in [2.24, 2.45) is 0 Å². The highest BCUT2D eigenvalue weighted by Gasteiger charge is 2.10. The second kappa shape index (κ2) is 10.9. The van der Waals surface area contributed by atoms with Crippen molar-refractivity contribution in [3.05, 3.63) is 65.8 Å². The summed E-state index contributed by atoms with van der Waals surface area (Å²) < 4.78 is 18.1. The number of rotatable bonds is 10. The maximum absolute atomic E-state index is 13.0. The van der Waals surface area contributed by atoms with Crippen LogP contribution in [0.5, 0.6) is 5.75 Å². The molecule has 2 aromatic carbocycles. The number of nitrogens with one attached hydrogen (secondary N) is 2. The lowest BCUT2D eigenvalue weighted by molar-refractivity contribution is -0.121. The van der Waals surface area contributed by atoms with Crippen molar-refractivity contribution < 1.29 is 23.6 Å². The first kappa shape index (κ1) is 21.9. The molecule has 3 aromatic rings. The molecule has 0 saturated heterocycles. The summed E-state index contributed by atoms with van der Waals surface area (Å²) in [7, 11) is 0. The molecule has 2 amide bonds. The van der Waals surface area contributed by atoms with Gasteiger partial charge in [-0.1, -0.05) is 11.2 Å². The quantitative estimate of drug-likeness (QED) is 0.429. The van der Waals surface area contributed by atoms with Gasteiger partial charge in [-0.15, -0.1) is 0 Å². The average molecular weight is 426 g/mol. The lowest BCUT2D eigenvalue weighted by atomic mass is 10.2. The molecule has 8 nitrogen and oxygen atoms in total. The van der Waals surface area contributed by atoms with Crippen LogP contribution in [-0.2, 0) is 11.2 Å². The minimum atomic E-state index is -0.336. The molecule has 3 rings (SSSR count). The van der Waals surface area contributed by atoms with Crippen LogP contribution < -0.4 is 10.6 Å². The second-order valence-electron chi connectivity index (χ2n) is 6.88. The number of aromatic nitrogens is 2. The Morgan fingerprint density at radius 1 is 1.03 bits per heavy atom. The number of hydrogen-bond donors (Lipinski definition) is 3. The third-order valence-electron chi connectivity index (χ3n) is 4.43. The van der Waals surface area contributed by atoms with Gasteiger partial charge in [0.15, 0.2) is 0 Å². The largest absolute Gasteiger partial charge is 0.508 e. The average Bonchev–Trinajstić information content (AvgIpc) is 3.23. The van der Waals surface area contributed by atoms with Crippen molar-refractivity contribution in [2.75, 3.05) is 13.1 Å². The number of benzene rings is 2. The van der Waals surface area contributed by atoms with Crippen LogP contribution in [0.1, 0.15) is 35.5 Å². The van der Waals surface area contributed by atoms with Gasteiger partial charge in [0.1, 0.15) is 11.6 Å². The summed E-state index contributed by atoms with van der Waals surface area (Å²) in [6.45, 7) is 0.845. The van der Waals surface area contributed by atoms with E-state index in [-0.39, 0.29) is 23.4 Å². The van der Waals surface area contributed by atoms with E-state index < -0.39 is 0 Å². The van der Waals surface area contributed by atoms with Crippen molar-refractivity contribution in [1.29, 1.82) is 0 Å². The molecule has 3 N–H and O–H groups in total. The standard InChI is InChI=1S/C22H23FN4O4/c23-17-10-8-15(9-11-17)21-26-20(31-27-21)7-2-6-19(29)24-12-3-13-25-22(30)16-4-1-5-18(28)14-16/h1,4-5,8-11,14,28H,2-3,6-7,12-13H2,(H,24,29)(H,25,30). The fourth-order valence-electron chi connectivity index (χ4n) is 2.83. The van der Waals surface area contributed by atoms with Gasteiger partial charge in [0.05, 0.1) is 0 Å². The summed E-state index contributed by atoms with van der Waals surface area (Å²) in [5.41, 5.74) is 1.04. The maximum Gasteiger partial charge on any atom is 0.251 e. The maximum atomic E-state index is 13.0. The Hall–Kier alpha value is -3.75. The van der Waals surface area contributed by atoms with Crippen LogP contribution in [0.4, 0.5) is 4.39 Å². The van der Waals surface area contributed by atoms with Gasteiger partial charge in [0.25, 0.3) is 5.91 Å². The van der Waals surface area contributed by atoms with Crippen molar-refractivity contribution in [3.63, 3.8) is 0 Å². The Morgan fingerprint density at radius 2 is 1.81 bits per heavy atom. The van der Waals surface area contributed by atoms with Crippen molar-refractivity contribution in [3.8, 4) is 17.1 Å². The summed E-state index contributed by atoms with van der Waals surface area (Å²) in [6.07, 6.45) is 1.90. The van der Waals surface area contributed by atoms with E-state index in [4.69, 9.17) is 4.52 Å². The third kappa shape index (κ3) is 6.91. The van der Waals surface area contributed by atoms with Gasteiger partial charge >= 0.3 is 0 Å². The number of carbonyl (C=O) groups is 2. The lowest BCUT2D eigenvalue weighted by Crippen LogP contribution is -2.29. The van der Waals surface area contributed by atoms with Gasteiger partial charge in [0, 0.05) is 37.1 Å². The summed E-state index contributed by atoms with van der Waals surface area (Å²) in [4.78, 5) is 28.1. The Kier molecular flexibility index (Phi) is 7.69. The monoisotopic (exact) mass is 426 g/mol. The van der Waals surface area contributed by atoms with E-state index in [1.165, 1.54) is 24.3 Å². The minimum Gasteiger partial charge on any atom is -0.508 e. The van der Waals surface area contributed by atoms with E-state index in [1.54, 1.807) is 24.3 Å². The van der Waals surface area contributed by atoms with Gasteiger partial charge < -0.3 is 20.3 Å². The highest BCUT2D eigenvalue weighted by Crippen LogP contribution is 2.16. The molecule has 1 aromatic heterocycles. The van der Waals surface area contributed by atoms with E-state index in [0.29, 0.717) is 61.6 Å². The molecule has 0 aliphatic heterocycles. The van der Waals surface area contributed by atoms with Crippen LogP contribution in [0.2, 0.25) is 0 Å². The van der Waals surface area contributed by atoms with Crippen LogP contribution in [-0.4, -0.2) is 40.2 Å². The number of aromatic hydroxyl groups is 1. The molecular formula is C22H23FN4O4. The molecule has 31 heavy (non-hydrogen) atoms. The molecule has 0 saturated carbocycles. The second-order valence-corrected chi connectivity index (χ2v) is 6.88. The van der Waals surface area contributed by atoms with Gasteiger partial charge in [0.2, 0.25) is 17.6 Å². The molecule has 0 unspecified atom stereocenters. The van der Waals surface area contributed by atoms with Gasteiger partial charge in [-0.2, -0.15) is 4.98 Å². The normalized spacial score (nSPS) is 10.6. The number of aryl methyl sites for hydroxylation is 1. The fraction of sp³-hybridized carbons (Fsp3) is 0.273. The number of hydrogen-bond acceptors (Lipinski definition) is 6. The SMILES string of the molecule is O=C(CCCc1nc(-c2ccc(F)cc2)no1)NCCCNC(=O)c1cccc(O)c1. The first-order valence-electron chi connectivity index (χ1n) is 9.94. The number of phenols is 1. The Balaban J connectivity index is 1.29. The Morgan fingerprint density at radius 3 is 2.58 bits per heavy atom. The molecule has 0 atom stereocenters. The van der Waals surface area contributed by atoms with Crippen molar-refractivity contribution >= 4 is 11.8 Å².